The third-order valence-electron chi connectivity index (χ3n) is 3.09. The van der Waals surface area contributed by atoms with Crippen LogP contribution in [0.15, 0.2) is 0 Å². The molecule has 2 heterocycles. The van der Waals surface area contributed by atoms with Gasteiger partial charge in [-0.25, -0.2) is 0 Å². The number of aromatic nitrogens is 2. The summed E-state index contributed by atoms with van der Waals surface area (Å²) in [4.78, 5) is 11.7. The molecule has 1 atom stereocenters. The van der Waals surface area contributed by atoms with E-state index in [-0.39, 0.29) is 11.9 Å². The van der Waals surface area contributed by atoms with Crippen molar-refractivity contribution in [2.75, 3.05) is 17.6 Å². The highest BCUT2D eigenvalue weighted by Gasteiger charge is 2.24. The van der Waals surface area contributed by atoms with Crippen LogP contribution < -0.4 is 16.4 Å². The lowest BCUT2D eigenvalue weighted by molar-refractivity contribution is -0.123. The number of anilines is 2. The normalized spacial score (nSPS) is 20.1. The summed E-state index contributed by atoms with van der Waals surface area (Å²) in [5.74, 6) is 0.777. The van der Waals surface area contributed by atoms with Gasteiger partial charge in [0.05, 0.1) is 11.4 Å². The summed E-state index contributed by atoms with van der Waals surface area (Å²) in [7, 11) is 1.83. The van der Waals surface area contributed by atoms with Gasteiger partial charge in [0.15, 0.2) is 0 Å². The van der Waals surface area contributed by atoms with E-state index in [1.165, 1.54) is 0 Å². The quantitative estimate of drug-likeness (QED) is 0.703. The van der Waals surface area contributed by atoms with Crippen molar-refractivity contribution in [1.82, 2.24) is 15.1 Å². The van der Waals surface area contributed by atoms with Crippen molar-refractivity contribution in [3.8, 4) is 0 Å². The molecule has 0 saturated carbocycles. The van der Waals surface area contributed by atoms with Crippen LogP contribution in [0.2, 0.25) is 0 Å². The van der Waals surface area contributed by atoms with Gasteiger partial charge in [-0.1, -0.05) is 6.92 Å². The van der Waals surface area contributed by atoms with Gasteiger partial charge in [0, 0.05) is 13.6 Å². The first-order chi connectivity index (χ1) is 8.13. The van der Waals surface area contributed by atoms with Gasteiger partial charge in [-0.15, -0.1) is 0 Å². The van der Waals surface area contributed by atoms with E-state index in [0.717, 1.165) is 37.3 Å². The maximum Gasteiger partial charge on any atom is 0.242 e. The number of nitrogens with zero attached hydrogens (tertiary/aromatic N) is 2. The summed E-state index contributed by atoms with van der Waals surface area (Å²) in [6.07, 6.45) is 2.61. The van der Waals surface area contributed by atoms with E-state index in [9.17, 15) is 4.79 Å². The Hall–Kier alpha value is -1.72. The SMILES string of the molecule is CCc1nn(C)c(NC2CCCNC2=O)c1N. The number of nitrogens with one attached hydrogen (secondary N) is 2. The van der Waals surface area contributed by atoms with Gasteiger partial charge in [0.1, 0.15) is 11.9 Å². The van der Waals surface area contributed by atoms with E-state index in [2.05, 4.69) is 15.7 Å². The van der Waals surface area contributed by atoms with E-state index < -0.39 is 0 Å². The van der Waals surface area contributed by atoms with Gasteiger partial charge in [0.2, 0.25) is 5.91 Å². The van der Waals surface area contributed by atoms with Crippen LogP contribution in [-0.4, -0.2) is 28.3 Å². The molecule has 1 aliphatic rings. The van der Waals surface area contributed by atoms with Crippen LogP contribution in [0, 0.1) is 0 Å². The first-order valence-electron chi connectivity index (χ1n) is 5.99. The molecule has 94 valence electrons. The molecule has 6 nitrogen and oxygen atoms in total. The molecule has 0 spiro atoms. The number of carbonyl (C=O) groups excluding carboxylic acids is 1. The third-order valence-corrected chi connectivity index (χ3v) is 3.09. The summed E-state index contributed by atoms with van der Waals surface area (Å²) in [5, 5.41) is 10.3. The molecule has 1 aromatic rings. The number of nitrogen functional groups attached to an aromatic ring is 1. The van der Waals surface area contributed by atoms with Crippen LogP contribution in [0.25, 0.3) is 0 Å². The van der Waals surface area contributed by atoms with E-state index >= 15 is 0 Å². The second-order valence-electron chi connectivity index (χ2n) is 4.32. The lowest BCUT2D eigenvalue weighted by Crippen LogP contribution is -2.44. The van der Waals surface area contributed by atoms with Crippen molar-refractivity contribution >= 4 is 17.4 Å². The molecule has 1 amide bonds. The van der Waals surface area contributed by atoms with Crippen molar-refractivity contribution in [3.63, 3.8) is 0 Å². The zero-order valence-corrected chi connectivity index (χ0v) is 10.3. The molecule has 0 bridgehead atoms. The number of aryl methyl sites for hydroxylation is 2. The Morgan fingerprint density at radius 1 is 1.65 bits per heavy atom. The zero-order valence-electron chi connectivity index (χ0n) is 10.3. The van der Waals surface area contributed by atoms with Crippen molar-refractivity contribution in [2.45, 2.75) is 32.2 Å². The molecule has 4 N–H and O–H groups in total. The highest BCUT2D eigenvalue weighted by Crippen LogP contribution is 2.24. The molecule has 17 heavy (non-hydrogen) atoms. The average Bonchev–Trinajstić information content (AvgIpc) is 2.59. The second kappa shape index (κ2) is 4.65. The smallest absolute Gasteiger partial charge is 0.242 e. The number of piperidine rings is 1. The van der Waals surface area contributed by atoms with E-state index in [1.54, 1.807) is 4.68 Å². The first kappa shape index (κ1) is 11.8. The van der Waals surface area contributed by atoms with Gasteiger partial charge in [0.25, 0.3) is 0 Å². The van der Waals surface area contributed by atoms with Crippen LogP contribution in [0.5, 0.6) is 0 Å². The fraction of sp³-hybridized carbons (Fsp3) is 0.636. The van der Waals surface area contributed by atoms with E-state index in [4.69, 9.17) is 5.73 Å². The minimum atomic E-state index is -0.203. The van der Waals surface area contributed by atoms with Crippen LogP contribution in [0.3, 0.4) is 0 Å². The van der Waals surface area contributed by atoms with Gasteiger partial charge in [-0.3, -0.25) is 9.48 Å². The molecular weight excluding hydrogens is 218 g/mol. The van der Waals surface area contributed by atoms with E-state index in [1.807, 2.05) is 14.0 Å². The van der Waals surface area contributed by atoms with E-state index in [0.29, 0.717) is 5.69 Å². The molecule has 2 rings (SSSR count). The lowest BCUT2D eigenvalue weighted by atomic mass is 10.1. The zero-order chi connectivity index (χ0) is 12.4. The van der Waals surface area contributed by atoms with Crippen LogP contribution in [-0.2, 0) is 18.3 Å². The summed E-state index contributed by atoms with van der Waals surface area (Å²) in [6.45, 7) is 2.77. The van der Waals surface area contributed by atoms with Crippen LogP contribution in [0.1, 0.15) is 25.5 Å². The molecule has 1 saturated heterocycles. The second-order valence-corrected chi connectivity index (χ2v) is 4.32. The minimum absolute atomic E-state index is 0.0369. The number of hydrogen-bond acceptors (Lipinski definition) is 4. The number of amides is 1. The average molecular weight is 237 g/mol. The summed E-state index contributed by atoms with van der Waals surface area (Å²) < 4.78 is 1.70. The summed E-state index contributed by atoms with van der Waals surface area (Å²) in [6, 6.07) is -0.203. The largest absolute Gasteiger partial charge is 0.394 e. The van der Waals surface area contributed by atoms with Gasteiger partial charge in [-0.2, -0.15) is 5.10 Å². The molecule has 1 unspecified atom stereocenters. The molecule has 1 aliphatic heterocycles. The predicted octanol–water partition coefficient (Wildman–Crippen LogP) is 0.255. The van der Waals surface area contributed by atoms with Crippen molar-refractivity contribution in [2.24, 2.45) is 7.05 Å². The molecule has 6 heteroatoms. The standard InChI is InChI=1S/C11H19N5O/c1-3-7-9(12)10(16(2)15-7)14-8-5-4-6-13-11(8)17/h8,14H,3-6,12H2,1-2H3,(H,13,17). The number of hydrogen-bond donors (Lipinski definition) is 3. The van der Waals surface area contributed by atoms with Crippen molar-refractivity contribution in [1.29, 1.82) is 0 Å². The van der Waals surface area contributed by atoms with Crippen LogP contribution in [0.4, 0.5) is 11.5 Å². The summed E-state index contributed by atoms with van der Waals surface area (Å²) >= 11 is 0. The minimum Gasteiger partial charge on any atom is -0.394 e. The third kappa shape index (κ3) is 2.20. The topological polar surface area (TPSA) is 85.0 Å². The fourth-order valence-electron chi connectivity index (χ4n) is 2.10. The van der Waals surface area contributed by atoms with Gasteiger partial charge < -0.3 is 16.4 Å². The maximum atomic E-state index is 11.7. The van der Waals surface area contributed by atoms with Crippen molar-refractivity contribution < 1.29 is 4.79 Å². The highest BCUT2D eigenvalue weighted by atomic mass is 16.2. The Bertz CT molecular complexity index is 426. The fourth-order valence-corrected chi connectivity index (χ4v) is 2.10. The lowest BCUT2D eigenvalue weighted by Gasteiger charge is -2.23. The van der Waals surface area contributed by atoms with Crippen LogP contribution >= 0.6 is 0 Å². The number of nitrogens with two attached hydrogens (primary N) is 1. The first-order valence-corrected chi connectivity index (χ1v) is 5.99. The Labute approximate surface area is 101 Å². The van der Waals surface area contributed by atoms with Crippen molar-refractivity contribution in [3.05, 3.63) is 5.69 Å². The molecule has 1 aromatic heterocycles. The Morgan fingerprint density at radius 3 is 3.00 bits per heavy atom. The van der Waals surface area contributed by atoms with Gasteiger partial charge in [-0.05, 0) is 19.3 Å². The Balaban J connectivity index is 2.17. The predicted molar refractivity (Wildman–Crippen MR) is 66.7 cm³/mol. The Morgan fingerprint density at radius 2 is 2.41 bits per heavy atom. The highest BCUT2D eigenvalue weighted by molar-refractivity contribution is 5.86. The molecule has 1 fully saturated rings. The number of rotatable bonds is 3. The Kier molecular flexibility index (Phi) is 3.21. The molecule has 0 aromatic carbocycles. The monoisotopic (exact) mass is 237 g/mol. The summed E-state index contributed by atoms with van der Waals surface area (Å²) in [5.41, 5.74) is 7.51. The maximum absolute atomic E-state index is 11.7. The number of carbonyl (C=O) groups is 1. The van der Waals surface area contributed by atoms with Gasteiger partial charge >= 0.3 is 0 Å². The molecular formula is C11H19N5O. The molecule has 0 radical (unpaired) electrons. The molecule has 0 aliphatic carbocycles.